The van der Waals surface area contributed by atoms with Gasteiger partial charge in [0.25, 0.3) is 0 Å². The van der Waals surface area contributed by atoms with Gasteiger partial charge in [-0.1, -0.05) is 6.08 Å². The van der Waals surface area contributed by atoms with Crippen LogP contribution in [0.15, 0.2) is 35.9 Å². The number of hydrogen-bond donors (Lipinski definition) is 0. The van der Waals surface area contributed by atoms with E-state index in [1.807, 2.05) is 0 Å². The number of fused-ring (bicyclic) bond motifs is 2. The molecule has 4 heteroatoms. The molecule has 0 N–H and O–H groups in total. The number of allylic oxidation sites excluding steroid dienone is 1. The Balaban J connectivity index is 1.73. The highest BCUT2D eigenvalue weighted by Crippen LogP contribution is 2.42. The van der Waals surface area contributed by atoms with Gasteiger partial charge in [-0.3, -0.25) is 0 Å². The number of hydrogen-bond acceptors (Lipinski definition) is 1. The Morgan fingerprint density at radius 2 is 1.83 bits per heavy atom. The van der Waals surface area contributed by atoms with Gasteiger partial charge in [0, 0.05) is 5.92 Å². The lowest BCUT2D eigenvalue weighted by atomic mass is 10.1. The predicted octanol–water partition coefficient (Wildman–Crippen LogP) is 4.19. The second-order valence-corrected chi connectivity index (χ2v) is 4.87. The molecule has 0 amide bonds. The van der Waals surface area contributed by atoms with E-state index < -0.39 is 11.7 Å². The van der Waals surface area contributed by atoms with Gasteiger partial charge >= 0.3 is 6.18 Å². The fourth-order valence-electron chi connectivity index (χ4n) is 2.75. The van der Waals surface area contributed by atoms with Crippen LogP contribution in [0.1, 0.15) is 24.8 Å². The van der Waals surface area contributed by atoms with Gasteiger partial charge in [-0.05, 0) is 49.1 Å². The smallest absolute Gasteiger partial charge is 0.416 e. The molecule has 18 heavy (non-hydrogen) atoms. The zero-order chi connectivity index (χ0) is 12.8. The zero-order valence-corrected chi connectivity index (χ0v) is 9.70. The summed E-state index contributed by atoms with van der Waals surface area (Å²) >= 11 is 0. The molecule has 3 rings (SSSR count). The normalized spacial score (nSPS) is 26.3. The first-order chi connectivity index (χ1) is 8.54. The molecule has 2 aliphatic rings. The maximum atomic E-state index is 12.4. The van der Waals surface area contributed by atoms with Gasteiger partial charge in [0.1, 0.15) is 11.9 Å². The summed E-state index contributed by atoms with van der Waals surface area (Å²) in [7, 11) is 0. The molecule has 2 atom stereocenters. The number of benzene rings is 1. The van der Waals surface area contributed by atoms with Gasteiger partial charge in [0.15, 0.2) is 0 Å². The second-order valence-electron chi connectivity index (χ2n) is 4.87. The number of halogens is 3. The van der Waals surface area contributed by atoms with E-state index in [2.05, 4.69) is 6.08 Å². The topological polar surface area (TPSA) is 9.23 Å². The summed E-state index contributed by atoms with van der Waals surface area (Å²) in [6, 6.07) is 4.95. The SMILES string of the molecule is FC(F)(F)c1ccc(OC2C3=CCC2CC3)cc1. The maximum Gasteiger partial charge on any atom is 0.416 e. The third-order valence-corrected chi connectivity index (χ3v) is 3.72. The van der Waals surface area contributed by atoms with Crippen LogP contribution in [0.4, 0.5) is 13.2 Å². The Bertz CT molecular complexity index is 473. The van der Waals surface area contributed by atoms with Crippen molar-refractivity contribution < 1.29 is 17.9 Å². The molecule has 1 nitrogen and oxygen atoms in total. The van der Waals surface area contributed by atoms with Gasteiger partial charge in [-0.15, -0.1) is 0 Å². The Morgan fingerprint density at radius 3 is 2.28 bits per heavy atom. The highest BCUT2D eigenvalue weighted by Gasteiger charge is 2.37. The molecule has 0 spiro atoms. The van der Waals surface area contributed by atoms with Crippen molar-refractivity contribution in [1.29, 1.82) is 0 Å². The molecule has 1 fully saturated rings. The highest BCUT2D eigenvalue weighted by atomic mass is 19.4. The van der Waals surface area contributed by atoms with Crippen molar-refractivity contribution in [3.8, 4) is 5.75 Å². The van der Waals surface area contributed by atoms with Gasteiger partial charge in [0.2, 0.25) is 0 Å². The molecule has 0 heterocycles. The molecule has 0 radical (unpaired) electrons. The van der Waals surface area contributed by atoms with Crippen molar-refractivity contribution in [3.05, 3.63) is 41.5 Å². The van der Waals surface area contributed by atoms with Crippen molar-refractivity contribution >= 4 is 0 Å². The third-order valence-electron chi connectivity index (χ3n) is 3.72. The monoisotopic (exact) mass is 254 g/mol. The summed E-state index contributed by atoms with van der Waals surface area (Å²) in [6.07, 6.45) is 1.24. The number of alkyl halides is 3. The summed E-state index contributed by atoms with van der Waals surface area (Å²) in [4.78, 5) is 0. The third kappa shape index (κ3) is 2.00. The van der Waals surface area contributed by atoms with Crippen molar-refractivity contribution in [1.82, 2.24) is 0 Å². The minimum absolute atomic E-state index is 0.0849. The first-order valence-corrected chi connectivity index (χ1v) is 6.07. The molecule has 0 saturated heterocycles. The lowest BCUT2D eigenvalue weighted by molar-refractivity contribution is -0.137. The van der Waals surface area contributed by atoms with Crippen LogP contribution >= 0.6 is 0 Å². The van der Waals surface area contributed by atoms with Gasteiger partial charge in [-0.2, -0.15) is 13.2 Å². The van der Waals surface area contributed by atoms with Crippen molar-refractivity contribution in [2.45, 2.75) is 31.5 Å². The lowest BCUT2D eigenvalue weighted by Crippen LogP contribution is -2.18. The minimum atomic E-state index is -4.28. The van der Waals surface area contributed by atoms with E-state index in [-0.39, 0.29) is 6.10 Å². The van der Waals surface area contributed by atoms with Crippen molar-refractivity contribution in [2.24, 2.45) is 5.92 Å². The predicted molar refractivity (Wildman–Crippen MR) is 61.3 cm³/mol. The maximum absolute atomic E-state index is 12.4. The van der Waals surface area contributed by atoms with Crippen LogP contribution in [-0.2, 0) is 6.18 Å². The summed E-state index contributed by atoms with van der Waals surface area (Å²) in [5.74, 6) is 1.04. The highest BCUT2D eigenvalue weighted by molar-refractivity contribution is 5.31. The van der Waals surface area contributed by atoms with Crippen LogP contribution < -0.4 is 4.74 Å². The Morgan fingerprint density at radius 1 is 1.11 bits per heavy atom. The molecule has 96 valence electrons. The standard InChI is InChI=1S/C14H13F3O/c15-14(16,17)11-5-7-12(8-6-11)18-13-9-1-2-10(13)4-3-9/h1,5-8,10,13H,2-4H2. The van der Waals surface area contributed by atoms with Crippen molar-refractivity contribution in [2.75, 3.05) is 0 Å². The molecule has 0 aromatic heterocycles. The van der Waals surface area contributed by atoms with Gasteiger partial charge in [0.05, 0.1) is 5.56 Å². The van der Waals surface area contributed by atoms with E-state index in [9.17, 15) is 13.2 Å². The van der Waals surface area contributed by atoms with Crippen LogP contribution in [0.25, 0.3) is 0 Å². The summed E-state index contributed by atoms with van der Waals surface area (Å²) < 4.78 is 43.0. The largest absolute Gasteiger partial charge is 0.486 e. The van der Waals surface area contributed by atoms with E-state index in [1.165, 1.54) is 17.7 Å². The molecule has 0 aliphatic heterocycles. The molecule has 1 saturated carbocycles. The van der Waals surface area contributed by atoms with Crippen LogP contribution in [-0.4, -0.2) is 6.10 Å². The summed E-state index contributed by atoms with van der Waals surface area (Å²) in [6.45, 7) is 0. The number of ether oxygens (including phenoxy) is 1. The average molecular weight is 254 g/mol. The molecule has 1 aromatic rings. The zero-order valence-electron chi connectivity index (χ0n) is 9.70. The van der Waals surface area contributed by atoms with Crippen LogP contribution in [0.2, 0.25) is 0 Å². The molecular weight excluding hydrogens is 241 g/mol. The number of rotatable bonds is 2. The van der Waals surface area contributed by atoms with Gasteiger partial charge < -0.3 is 4.74 Å². The Labute approximate surface area is 103 Å². The van der Waals surface area contributed by atoms with Crippen LogP contribution in [0.3, 0.4) is 0 Å². The van der Waals surface area contributed by atoms with E-state index in [0.717, 1.165) is 31.4 Å². The molecule has 2 unspecified atom stereocenters. The first-order valence-electron chi connectivity index (χ1n) is 6.07. The van der Waals surface area contributed by atoms with Crippen LogP contribution in [0.5, 0.6) is 5.75 Å². The van der Waals surface area contributed by atoms with Crippen LogP contribution in [0, 0.1) is 5.92 Å². The fourth-order valence-corrected chi connectivity index (χ4v) is 2.75. The molecule has 2 bridgehead atoms. The van der Waals surface area contributed by atoms with E-state index in [1.54, 1.807) is 0 Å². The van der Waals surface area contributed by atoms with E-state index in [0.29, 0.717) is 11.7 Å². The summed E-state index contributed by atoms with van der Waals surface area (Å²) in [5, 5.41) is 0. The average Bonchev–Trinajstić information content (AvgIpc) is 2.88. The molecule has 1 aromatic carbocycles. The quantitative estimate of drug-likeness (QED) is 0.719. The fraction of sp³-hybridized carbons (Fsp3) is 0.429. The molecule has 2 aliphatic carbocycles. The van der Waals surface area contributed by atoms with Crippen molar-refractivity contribution in [3.63, 3.8) is 0 Å². The minimum Gasteiger partial charge on any atom is -0.486 e. The first kappa shape index (κ1) is 11.6. The summed E-state index contributed by atoms with van der Waals surface area (Å²) in [5.41, 5.74) is 0.670. The van der Waals surface area contributed by atoms with E-state index >= 15 is 0 Å². The van der Waals surface area contributed by atoms with E-state index in [4.69, 9.17) is 4.74 Å². The lowest BCUT2D eigenvalue weighted by Gasteiger charge is -2.17. The molecular formula is C14H13F3O. The Hall–Kier alpha value is -1.45. The second kappa shape index (κ2) is 4.04. The Kier molecular flexibility index (Phi) is 2.61. The van der Waals surface area contributed by atoms with Gasteiger partial charge in [-0.25, -0.2) is 0 Å².